The molecule has 0 aliphatic rings. The van der Waals surface area contributed by atoms with E-state index in [9.17, 15) is 4.79 Å². The van der Waals surface area contributed by atoms with Crippen molar-refractivity contribution < 1.29 is 14.3 Å². The molecule has 190 valence electrons. The molecule has 3 aromatic carbocycles. The average molecular weight is 507 g/mol. The van der Waals surface area contributed by atoms with Gasteiger partial charge in [-0.05, 0) is 78.7 Å². The standard InChI is InChI=1S/C28H34N4O3S/c1-5-25(20-9-13-23(34-3)14-10-20)27(21-11-15-24(35-4)16-12-21)29-18-26(33)31-32-28(36)30-22-8-6-7-19(2)17-22/h6-17,25,27,29H,5,18H2,1-4H3,(H,31,33)(H2,30,32,36). The van der Waals surface area contributed by atoms with Crippen LogP contribution >= 0.6 is 12.2 Å². The summed E-state index contributed by atoms with van der Waals surface area (Å²) in [7, 11) is 3.30. The number of amides is 1. The summed E-state index contributed by atoms with van der Waals surface area (Å²) in [5.74, 6) is 1.50. The van der Waals surface area contributed by atoms with E-state index in [0.717, 1.165) is 40.3 Å². The van der Waals surface area contributed by atoms with E-state index >= 15 is 0 Å². The highest BCUT2D eigenvalue weighted by Gasteiger charge is 2.24. The first-order valence-electron chi connectivity index (χ1n) is 11.9. The summed E-state index contributed by atoms with van der Waals surface area (Å²) in [6.45, 7) is 4.25. The molecule has 4 N–H and O–H groups in total. The molecule has 0 radical (unpaired) electrons. The third kappa shape index (κ3) is 7.69. The van der Waals surface area contributed by atoms with Crippen LogP contribution in [0.25, 0.3) is 0 Å². The van der Waals surface area contributed by atoms with Gasteiger partial charge in [0.05, 0.1) is 20.8 Å². The van der Waals surface area contributed by atoms with Gasteiger partial charge in [-0.15, -0.1) is 0 Å². The van der Waals surface area contributed by atoms with Crippen molar-refractivity contribution in [3.05, 3.63) is 89.5 Å². The molecular weight excluding hydrogens is 472 g/mol. The van der Waals surface area contributed by atoms with Crippen LogP contribution in [0.4, 0.5) is 5.69 Å². The molecule has 0 aliphatic carbocycles. The summed E-state index contributed by atoms with van der Waals surface area (Å²) in [4.78, 5) is 12.7. The fraction of sp³-hybridized carbons (Fsp3) is 0.286. The van der Waals surface area contributed by atoms with Crippen molar-refractivity contribution in [2.24, 2.45) is 0 Å². The lowest BCUT2D eigenvalue weighted by Crippen LogP contribution is -2.47. The van der Waals surface area contributed by atoms with E-state index in [4.69, 9.17) is 21.7 Å². The molecule has 2 atom stereocenters. The molecule has 3 rings (SSSR count). The molecule has 0 aromatic heterocycles. The van der Waals surface area contributed by atoms with Crippen LogP contribution in [0.1, 0.15) is 42.0 Å². The third-order valence-corrected chi connectivity index (χ3v) is 6.14. The number of hydrogen-bond donors (Lipinski definition) is 4. The Morgan fingerprint density at radius 1 is 0.889 bits per heavy atom. The van der Waals surface area contributed by atoms with Crippen LogP contribution < -0.4 is 31.0 Å². The molecule has 7 nitrogen and oxygen atoms in total. The average Bonchev–Trinajstić information content (AvgIpc) is 2.90. The van der Waals surface area contributed by atoms with Crippen LogP contribution in [0.2, 0.25) is 0 Å². The number of anilines is 1. The number of benzene rings is 3. The zero-order valence-electron chi connectivity index (χ0n) is 21.1. The van der Waals surface area contributed by atoms with E-state index in [-0.39, 0.29) is 24.4 Å². The van der Waals surface area contributed by atoms with E-state index < -0.39 is 0 Å². The Bertz CT molecular complexity index is 1140. The number of methoxy groups -OCH3 is 2. The van der Waals surface area contributed by atoms with Crippen molar-refractivity contribution in [1.82, 2.24) is 16.2 Å². The minimum atomic E-state index is -0.230. The second-order valence-corrected chi connectivity index (χ2v) is 8.82. The maximum Gasteiger partial charge on any atom is 0.252 e. The van der Waals surface area contributed by atoms with Gasteiger partial charge < -0.3 is 20.1 Å². The van der Waals surface area contributed by atoms with Gasteiger partial charge in [0.1, 0.15) is 11.5 Å². The number of carbonyl (C=O) groups excluding carboxylic acids is 1. The van der Waals surface area contributed by atoms with E-state index in [1.165, 1.54) is 0 Å². The van der Waals surface area contributed by atoms with Crippen molar-refractivity contribution in [2.45, 2.75) is 32.2 Å². The van der Waals surface area contributed by atoms with Crippen LogP contribution in [0, 0.1) is 6.92 Å². The topological polar surface area (TPSA) is 83.7 Å². The van der Waals surface area contributed by atoms with Crippen molar-refractivity contribution in [3.63, 3.8) is 0 Å². The zero-order chi connectivity index (χ0) is 25.9. The maximum atomic E-state index is 12.7. The summed E-state index contributed by atoms with van der Waals surface area (Å²) >= 11 is 5.30. The Morgan fingerprint density at radius 3 is 2.06 bits per heavy atom. The number of ether oxygens (including phenoxy) is 2. The van der Waals surface area contributed by atoms with Gasteiger partial charge in [0, 0.05) is 17.6 Å². The van der Waals surface area contributed by atoms with Crippen LogP contribution in [0.5, 0.6) is 11.5 Å². The molecule has 3 aromatic rings. The Morgan fingerprint density at radius 2 is 1.50 bits per heavy atom. The molecule has 0 heterocycles. The number of aryl methyl sites for hydroxylation is 1. The molecule has 0 spiro atoms. The number of hydrazine groups is 1. The summed E-state index contributed by atoms with van der Waals surface area (Å²) in [6, 6.07) is 23.7. The van der Waals surface area contributed by atoms with Gasteiger partial charge >= 0.3 is 0 Å². The van der Waals surface area contributed by atoms with Crippen molar-refractivity contribution in [3.8, 4) is 11.5 Å². The van der Waals surface area contributed by atoms with E-state index in [2.05, 4.69) is 40.5 Å². The SMILES string of the molecule is CCC(c1ccc(OC)cc1)C(NCC(=O)NNC(=S)Nc1cccc(C)c1)c1ccc(OC)cc1. The maximum absolute atomic E-state index is 12.7. The fourth-order valence-corrected chi connectivity index (χ4v) is 4.25. The van der Waals surface area contributed by atoms with E-state index in [1.807, 2.05) is 67.6 Å². The number of rotatable bonds is 10. The van der Waals surface area contributed by atoms with Crippen LogP contribution in [-0.4, -0.2) is 31.8 Å². The van der Waals surface area contributed by atoms with Crippen molar-refractivity contribution in [1.29, 1.82) is 0 Å². The largest absolute Gasteiger partial charge is 0.497 e. The van der Waals surface area contributed by atoms with Gasteiger partial charge in [-0.25, -0.2) is 0 Å². The highest BCUT2D eigenvalue weighted by atomic mass is 32.1. The lowest BCUT2D eigenvalue weighted by molar-refractivity contribution is -0.120. The first-order chi connectivity index (χ1) is 17.4. The first kappa shape index (κ1) is 27.0. The molecular formula is C28H34N4O3S. The molecule has 0 aliphatic heterocycles. The molecule has 8 heteroatoms. The Hall–Kier alpha value is -3.62. The Balaban J connectivity index is 1.66. The Labute approximate surface area is 218 Å². The lowest BCUT2D eigenvalue weighted by atomic mass is 9.85. The number of thiocarbonyl (C=S) groups is 1. The highest BCUT2D eigenvalue weighted by molar-refractivity contribution is 7.80. The summed E-state index contributed by atoms with van der Waals surface area (Å²) < 4.78 is 10.6. The van der Waals surface area contributed by atoms with Crippen molar-refractivity contribution in [2.75, 3.05) is 26.1 Å². The van der Waals surface area contributed by atoms with Gasteiger partial charge in [-0.2, -0.15) is 0 Å². The van der Waals surface area contributed by atoms with Gasteiger partial charge in [0.15, 0.2) is 5.11 Å². The quantitative estimate of drug-likeness (QED) is 0.231. The van der Waals surface area contributed by atoms with E-state index in [1.54, 1.807) is 14.2 Å². The summed E-state index contributed by atoms with van der Waals surface area (Å²) in [5.41, 5.74) is 9.62. The number of hydrogen-bond acceptors (Lipinski definition) is 5. The minimum absolute atomic E-state index is 0.0996. The van der Waals surface area contributed by atoms with Crippen LogP contribution in [0.15, 0.2) is 72.8 Å². The summed E-state index contributed by atoms with van der Waals surface area (Å²) in [5, 5.41) is 6.82. The highest BCUT2D eigenvalue weighted by Crippen LogP contribution is 2.35. The number of nitrogens with one attached hydrogen (secondary N) is 4. The molecule has 2 unspecified atom stereocenters. The predicted octanol–water partition coefficient (Wildman–Crippen LogP) is 4.85. The zero-order valence-corrected chi connectivity index (χ0v) is 21.9. The van der Waals surface area contributed by atoms with Gasteiger partial charge in [0.25, 0.3) is 5.91 Å². The smallest absolute Gasteiger partial charge is 0.252 e. The third-order valence-electron chi connectivity index (χ3n) is 5.93. The van der Waals surface area contributed by atoms with Crippen molar-refractivity contribution >= 4 is 28.9 Å². The normalized spacial score (nSPS) is 12.2. The predicted molar refractivity (Wildman–Crippen MR) is 148 cm³/mol. The van der Waals surface area contributed by atoms with Gasteiger partial charge in [-0.3, -0.25) is 15.6 Å². The molecule has 0 fully saturated rings. The molecule has 36 heavy (non-hydrogen) atoms. The van der Waals surface area contributed by atoms with Crippen LogP contribution in [-0.2, 0) is 4.79 Å². The number of carbonyl (C=O) groups is 1. The second-order valence-electron chi connectivity index (χ2n) is 8.42. The Kier molecular flexibility index (Phi) is 10.1. The minimum Gasteiger partial charge on any atom is -0.497 e. The molecule has 1 amide bonds. The fourth-order valence-electron chi connectivity index (χ4n) is 4.08. The molecule has 0 saturated heterocycles. The van der Waals surface area contributed by atoms with Gasteiger partial charge in [-0.1, -0.05) is 43.3 Å². The second kappa shape index (κ2) is 13.5. The molecule has 0 bridgehead atoms. The van der Waals surface area contributed by atoms with Gasteiger partial charge in [0.2, 0.25) is 0 Å². The van der Waals surface area contributed by atoms with Crippen LogP contribution in [0.3, 0.4) is 0 Å². The lowest BCUT2D eigenvalue weighted by Gasteiger charge is -2.28. The molecule has 0 saturated carbocycles. The summed E-state index contributed by atoms with van der Waals surface area (Å²) in [6.07, 6.45) is 0.875. The first-order valence-corrected chi connectivity index (χ1v) is 12.3. The van der Waals surface area contributed by atoms with E-state index in [0.29, 0.717) is 5.11 Å². The monoisotopic (exact) mass is 506 g/mol.